The third kappa shape index (κ3) is 5.84. The molecule has 0 bridgehead atoms. The lowest BCUT2D eigenvalue weighted by Gasteiger charge is -2.72. The molecule has 282 valence electrons. The number of carboxylic acids is 1. The summed E-state index contributed by atoms with van der Waals surface area (Å²) in [5, 5.41) is 13.9. The van der Waals surface area contributed by atoms with Gasteiger partial charge in [-0.15, -0.1) is 0 Å². The summed E-state index contributed by atoms with van der Waals surface area (Å²) in [6.07, 6.45) is 14.9. The number of carboxylic acid groups (broad SMARTS) is 1. The third-order valence-electron chi connectivity index (χ3n) is 17.0. The molecule has 4 saturated carbocycles. The maximum atomic E-state index is 11.9. The van der Waals surface area contributed by atoms with E-state index in [0.29, 0.717) is 59.7 Å². The molecule has 1 aliphatic heterocycles. The molecule has 2 N–H and O–H groups in total. The molecular weight excluding hydrogens is 653 g/mol. The summed E-state index contributed by atoms with van der Waals surface area (Å²) in [5.41, 5.74) is 6.21. The van der Waals surface area contributed by atoms with Crippen molar-refractivity contribution in [1.29, 1.82) is 0 Å². The number of nitrogens with zero attached hydrogens (tertiary/aromatic N) is 1. The zero-order valence-corrected chi connectivity index (χ0v) is 33.6. The smallest absolute Gasteiger partial charge is 0.335 e. The highest BCUT2D eigenvalue weighted by Gasteiger charge is 2.70. The molecule has 5 fully saturated rings. The SMILES string of the molecule is C=C(C)[C@@H]1CC[C@]2(NCCCN3CCS(=O)(=O)CC3)CC[C@]3(C)[C@H](CC[C@@H]4[C@@]5(C)CC=C(c6ccc(C(=O)O)c(C)c6)C(C)(C)[C@@H]5CC[C@]43C)[C@@H]12. The van der Waals surface area contributed by atoms with E-state index in [0.717, 1.165) is 31.5 Å². The first-order valence-corrected chi connectivity index (χ1v) is 22.1. The molecule has 51 heavy (non-hydrogen) atoms. The van der Waals surface area contributed by atoms with Crippen LogP contribution in [0.1, 0.15) is 127 Å². The molecule has 1 saturated heterocycles. The van der Waals surface area contributed by atoms with Crippen LogP contribution in [-0.4, -0.2) is 67.6 Å². The summed E-state index contributed by atoms with van der Waals surface area (Å²) >= 11 is 0. The Morgan fingerprint density at radius 2 is 1.69 bits per heavy atom. The highest BCUT2D eigenvalue weighted by atomic mass is 32.2. The van der Waals surface area contributed by atoms with Crippen molar-refractivity contribution in [1.82, 2.24) is 10.2 Å². The van der Waals surface area contributed by atoms with E-state index in [-0.39, 0.29) is 27.2 Å². The number of sulfone groups is 1. The van der Waals surface area contributed by atoms with Crippen LogP contribution in [0.2, 0.25) is 0 Å². The van der Waals surface area contributed by atoms with Gasteiger partial charge < -0.3 is 15.3 Å². The fourth-order valence-electron chi connectivity index (χ4n) is 14.2. The molecule has 0 amide bonds. The molecule has 0 unspecified atom stereocenters. The Morgan fingerprint density at radius 3 is 2.35 bits per heavy atom. The first-order chi connectivity index (χ1) is 23.9. The van der Waals surface area contributed by atoms with Crippen LogP contribution in [0.15, 0.2) is 36.4 Å². The van der Waals surface area contributed by atoms with Gasteiger partial charge in [-0.1, -0.05) is 65.0 Å². The third-order valence-corrected chi connectivity index (χ3v) is 18.6. The van der Waals surface area contributed by atoms with Crippen LogP contribution < -0.4 is 5.32 Å². The van der Waals surface area contributed by atoms with Crippen molar-refractivity contribution in [2.24, 2.45) is 51.2 Å². The van der Waals surface area contributed by atoms with E-state index in [1.54, 1.807) is 6.07 Å². The lowest BCUT2D eigenvalue weighted by molar-refractivity contribution is -0.219. The molecule has 1 aromatic carbocycles. The monoisotopic (exact) mass is 718 g/mol. The summed E-state index contributed by atoms with van der Waals surface area (Å²) in [7, 11) is -2.84. The average Bonchev–Trinajstić information content (AvgIpc) is 3.44. The maximum absolute atomic E-state index is 11.9. The number of aryl methyl sites for hydroxylation is 1. The van der Waals surface area contributed by atoms with Gasteiger partial charge >= 0.3 is 5.97 Å². The predicted octanol–water partition coefficient (Wildman–Crippen LogP) is 8.81. The Kier molecular flexibility index (Phi) is 9.40. The van der Waals surface area contributed by atoms with Crippen molar-refractivity contribution in [2.45, 2.75) is 118 Å². The molecule has 1 heterocycles. The Balaban J connectivity index is 1.13. The lowest BCUT2D eigenvalue weighted by atomic mass is 9.33. The summed E-state index contributed by atoms with van der Waals surface area (Å²) in [4.78, 5) is 14.1. The van der Waals surface area contributed by atoms with Gasteiger partial charge in [0.15, 0.2) is 9.84 Å². The minimum absolute atomic E-state index is 0.00779. The van der Waals surface area contributed by atoms with Gasteiger partial charge in [-0.25, -0.2) is 13.2 Å². The number of rotatable bonds is 8. The van der Waals surface area contributed by atoms with E-state index in [1.807, 2.05) is 13.0 Å². The summed E-state index contributed by atoms with van der Waals surface area (Å²) in [6.45, 7) is 25.2. The van der Waals surface area contributed by atoms with E-state index in [2.05, 4.69) is 70.5 Å². The van der Waals surface area contributed by atoms with Crippen LogP contribution in [0.4, 0.5) is 0 Å². The van der Waals surface area contributed by atoms with Crippen LogP contribution in [-0.2, 0) is 9.84 Å². The first kappa shape index (κ1) is 37.4. The lowest BCUT2D eigenvalue weighted by Crippen LogP contribution is -2.68. The van der Waals surface area contributed by atoms with E-state index in [1.165, 1.54) is 68.1 Å². The second-order valence-electron chi connectivity index (χ2n) is 19.5. The Morgan fingerprint density at radius 1 is 0.961 bits per heavy atom. The quantitative estimate of drug-likeness (QED) is 0.207. The summed E-state index contributed by atoms with van der Waals surface area (Å²) in [5.74, 6) is 2.93. The van der Waals surface area contributed by atoms with Crippen molar-refractivity contribution in [3.63, 3.8) is 0 Å². The number of allylic oxidation sites excluding steroid dienone is 3. The van der Waals surface area contributed by atoms with E-state index < -0.39 is 15.8 Å². The summed E-state index contributed by atoms with van der Waals surface area (Å²) < 4.78 is 23.9. The number of nitrogens with one attached hydrogen (secondary N) is 1. The van der Waals surface area contributed by atoms with Crippen LogP contribution in [0.25, 0.3) is 5.57 Å². The Hall–Kier alpha value is -1.96. The second-order valence-corrected chi connectivity index (χ2v) is 21.8. The molecule has 7 heteroatoms. The molecule has 5 aliphatic carbocycles. The van der Waals surface area contributed by atoms with Crippen molar-refractivity contribution >= 4 is 21.4 Å². The fraction of sp³-hybridized carbons (Fsp3) is 0.750. The number of aromatic carboxylic acids is 1. The van der Waals surface area contributed by atoms with Gasteiger partial charge in [-0.05, 0) is 165 Å². The van der Waals surface area contributed by atoms with Crippen molar-refractivity contribution < 1.29 is 18.3 Å². The Labute approximate surface area is 309 Å². The molecular formula is C44H66N2O4S. The minimum atomic E-state index is -2.84. The van der Waals surface area contributed by atoms with Gasteiger partial charge in [-0.2, -0.15) is 0 Å². The second kappa shape index (κ2) is 12.8. The van der Waals surface area contributed by atoms with E-state index in [9.17, 15) is 18.3 Å². The summed E-state index contributed by atoms with van der Waals surface area (Å²) in [6, 6.07) is 5.97. The van der Waals surface area contributed by atoms with Gasteiger partial charge in [-0.3, -0.25) is 0 Å². The van der Waals surface area contributed by atoms with Crippen molar-refractivity contribution in [2.75, 3.05) is 37.7 Å². The zero-order valence-electron chi connectivity index (χ0n) is 32.7. The molecule has 0 spiro atoms. The van der Waals surface area contributed by atoms with Crippen LogP contribution >= 0.6 is 0 Å². The molecule has 9 atom stereocenters. The number of carbonyl (C=O) groups is 1. The maximum Gasteiger partial charge on any atom is 0.335 e. The highest BCUT2D eigenvalue weighted by Crippen LogP contribution is 2.76. The van der Waals surface area contributed by atoms with Gasteiger partial charge in [0.1, 0.15) is 0 Å². The van der Waals surface area contributed by atoms with E-state index in [4.69, 9.17) is 0 Å². The number of benzene rings is 1. The van der Waals surface area contributed by atoms with Gasteiger partial charge in [0, 0.05) is 18.6 Å². The molecule has 0 aromatic heterocycles. The fourth-order valence-corrected chi connectivity index (χ4v) is 15.5. The van der Waals surface area contributed by atoms with Gasteiger partial charge in [0.2, 0.25) is 0 Å². The first-order valence-electron chi connectivity index (χ1n) is 20.3. The van der Waals surface area contributed by atoms with Crippen LogP contribution in [0, 0.1) is 58.2 Å². The molecule has 6 aliphatic rings. The number of hydrogen-bond donors (Lipinski definition) is 2. The van der Waals surface area contributed by atoms with Gasteiger partial charge in [0.05, 0.1) is 17.1 Å². The number of hydrogen-bond acceptors (Lipinski definition) is 5. The molecule has 0 radical (unpaired) electrons. The topological polar surface area (TPSA) is 86.7 Å². The van der Waals surface area contributed by atoms with Crippen LogP contribution in [0.5, 0.6) is 0 Å². The standard InChI is InChI=1S/C44H66N2O4S/c1-29(2)32-14-19-44(45-22-9-23-46-24-26-51(49,50)27-25-46)21-20-42(7)35(38(32)44)12-13-37-41(6)17-15-34(31-10-11-33(39(47)48)30(3)28-31)40(4,5)36(41)16-18-43(37,42)8/h10-11,15,28,32,35-38,45H,1,9,12-14,16-27H2,2-8H3,(H,47,48)/t32-,35+,36-,37+,38+,41-,42+,43+,44-/m0/s1. The normalized spacial score (nSPS) is 41.4. The molecule has 6 nitrogen and oxygen atoms in total. The van der Waals surface area contributed by atoms with Crippen molar-refractivity contribution in [3.05, 3.63) is 53.1 Å². The van der Waals surface area contributed by atoms with Crippen molar-refractivity contribution in [3.8, 4) is 0 Å². The minimum Gasteiger partial charge on any atom is -0.478 e. The highest BCUT2D eigenvalue weighted by molar-refractivity contribution is 7.91. The largest absolute Gasteiger partial charge is 0.478 e. The van der Waals surface area contributed by atoms with E-state index >= 15 is 0 Å². The Bertz CT molecular complexity index is 1700. The average molecular weight is 719 g/mol. The van der Waals surface area contributed by atoms with Crippen LogP contribution in [0.3, 0.4) is 0 Å². The molecule has 7 rings (SSSR count). The predicted molar refractivity (Wildman–Crippen MR) is 208 cm³/mol. The van der Waals surface area contributed by atoms with Gasteiger partial charge in [0.25, 0.3) is 0 Å². The number of fused-ring (bicyclic) bond motifs is 7. The zero-order chi connectivity index (χ0) is 36.8. The molecule has 1 aromatic rings.